The number of rotatable bonds is 2. The summed E-state index contributed by atoms with van der Waals surface area (Å²) >= 11 is 0. The van der Waals surface area contributed by atoms with Crippen LogP contribution in [0.4, 0.5) is 15.8 Å². The summed E-state index contributed by atoms with van der Waals surface area (Å²) in [6, 6.07) is 12.5. The molecule has 0 spiro atoms. The Morgan fingerprint density at radius 1 is 1.19 bits per heavy atom. The van der Waals surface area contributed by atoms with E-state index in [1.54, 1.807) is 19.1 Å². The molecule has 2 aromatic rings. The molecule has 0 bridgehead atoms. The number of hydrogen-bond donors (Lipinski definition) is 1. The van der Waals surface area contributed by atoms with E-state index in [9.17, 15) is 9.50 Å². The highest BCUT2D eigenvalue weighted by Gasteiger charge is 2.20. The molecular formula is C17H18FNO2. The van der Waals surface area contributed by atoms with Crippen molar-refractivity contribution in [1.82, 2.24) is 0 Å². The SMILES string of the molecule is CC(O)c1ccc(N2CCCOc3ccccc32)c(F)c1. The maximum Gasteiger partial charge on any atom is 0.147 e. The number of fused-ring (bicyclic) bond motifs is 1. The largest absolute Gasteiger partial charge is 0.491 e. The minimum Gasteiger partial charge on any atom is -0.491 e. The van der Waals surface area contributed by atoms with Crippen LogP contribution in [0.15, 0.2) is 42.5 Å². The summed E-state index contributed by atoms with van der Waals surface area (Å²) in [5.74, 6) is 0.444. The van der Waals surface area contributed by atoms with Crippen LogP contribution in [0.25, 0.3) is 0 Å². The Bertz CT molecular complexity index is 642. The van der Waals surface area contributed by atoms with Crippen LogP contribution in [0.3, 0.4) is 0 Å². The molecule has 1 N–H and O–H groups in total. The Labute approximate surface area is 123 Å². The summed E-state index contributed by atoms with van der Waals surface area (Å²) < 4.78 is 20.1. The van der Waals surface area contributed by atoms with Gasteiger partial charge in [0.15, 0.2) is 0 Å². The van der Waals surface area contributed by atoms with E-state index in [4.69, 9.17) is 4.74 Å². The van der Waals surface area contributed by atoms with Crippen LogP contribution < -0.4 is 9.64 Å². The number of nitrogens with zero attached hydrogens (tertiary/aromatic N) is 1. The van der Waals surface area contributed by atoms with E-state index in [1.807, 2.05) is 29.2 Å². The van der Waals surface area contributed by atoms with Crippen molar-refractivity contribution in [2.45, 2.75) is 19.4 Å². The first kappa shape index (κ1) is 13.9. The molecular weight excluding hydrogens is 269 g/mol. The molecule has 0 aliphatic carbocycles. The van der Waals surface area contributed by atoms with E-state index in [0.29, 0.717) is 24.4 Å². The molecule has 0 aromatic heterocycles. The maximum absolute atomic E-state index is 14.4. The lowest BCUT2D eigenvalue weighted by Crippen LogP contribution is -2.19. The molecule has 3 rings (SSSR count). The van der Waals surface area contributed by atoms with Gasteiger partial charge >= 0.3 is 0 Å². The van der Waals surface area contributed by atoms with Crippen molar-refractivity contribution in [3.8, 4) is 5.75 Å². The van der Waals surface area contributed by atoms with Crippen molar-refractivity contribution in [2.75, 3.05) is 18.1 Å². The second-order valence-corrected chi connectivity index (χ2v) is 5.21. The van der Waals surface area contributed by atoms with Gasteiger partial charge in [-0.3, -0.25) is 0 Å². The molecule has 1 aliphatic rings. The summed E-state index contributed by atoms with van der Waals surface area (Å²) in [5.41, 5.74) is 1.96. The molecule has 0 fully saturated rings. The number of ether oxygens (including phenoxy) is 1. The minimum absolute atomic E-state index is 0.329. The van der Waals surface area contributed by atoms with E-state index in [1.165, 1.54) is 6.07 Å². The zero-order valence-corrected chi connectivity index (χ0v) is 11.9. The second kappa shape index (κ2) is 5.74. The van der Waals surface area contributed by atoms with Gasteiger partial charge in [-0.25, -0.2) is 4.39 Å². The van der Waals surface area contributed by atoms with Crippen molar-refractivity contribution in [1.29, 1.82) is 0 Å². The zero-order chi connectivity index (χ0) is 14.8. The van der Waals surface area contributed by atoms with Crippen molar-refractivity contribution in [3.05, 3.63) is 53.8 Å². The average molecular weight is 287 g/mol. The topological polar surface area (TPSA) is 32.7 Å². The number of benzene rings is 2. The summed E-state index contributed by atoms with van der Waals surface area (Å²) in [7, 11) is 0. The first-order chi connectivity index (χ1) is 10.2. The lowest BCUT2D eigenvalue weighted by Gasteiger charge is -2.24. The summed E-state index contributed by atoms with van der Waals surface area (Å²) in [6.45, 7) is 2.95. The van der Waals surface area contributed by atoms with E-state index in [2.05, 4.69) is 0 Å². The Hall–Kier alpha value is -2.07. The van der Waals surface area contributed by atoms with Gasteiger partial charge in [-0.2, -0.15) is 0 Å². The van der Waals surface area contributed by atoms with Crippen LogP contribution in [0.1, 0.15) is 25.0 Å². The summed E-state index contributed by atoms with van der Waals surface area (Å²) in [6.07, 6.45) is 0.153. The number of halogens is 1. The van der Waals surface area contributed by atoms with Gasteiger partial charge in [0.2, 0.25) is 0 Å². The first-order valence-electron chi connectivity index (χ1n) is 7.13. The Balaban J connectivity index is 2.04. The standard InChI is InChI=1S/C17H18FNO2/c1-12(20)13-7-8-15(14(18)11-13)19-9-4-10-21-17-6-3-2-5-16(17)19/h2-3,5-8,11-12,20H,4,9-10H2,1H3. The molecule has 0 saturated heterocycles. The first-order valence-corrected chi connectivity index (χ1v) is 7.13. The number of aliphatic hydroxyl groups is 1. The Kier molecular flexibility index (Phi) is 3.80. The van der Waals surface area contributed by atoms with Crippen LogP contribution in [-0.4, -0.2) is 18.3 Å². The van der Waals surface area contributed by atoms with Crippen LogP contribution in [0.2, 0.25) is 0 Å². The van der Waals surface area contributed by atoms with Crippen molar-refractivity contribution < 1.29 is 14.2 Å². The third-order valence-electron chi connectivity index (χ3n) is 3.68. The van der Waals surface area contributed by atoms with Gasteiger partial charge in [-0.15, -0.1) is 0 Å². The molecule has 2 aromatic carbocycles. The van der Waals surface area contributed by atoms with Crippen molar-refractivity contribution in [2.24, 2.45) is 0 Å². The molecule has 1 atom stereocenters. The van der Waals surface area contributed by atoms with Gasteiger partial charge < -0.3 is 14.7 Å². The number of hydrogen-bond acceptors (Lipinski definition) is 3. The predicted octanol–water partition coefficient (Wildman–Crippen LogP) is 3.80. The van der Waals surface area contributed by atoms with Crippen LogP contribution >= 0.6 is 0 Å². The molecule has 3 nitrogen and oxygen atoms in total. The summed E-state index contributed by atoms with van der Waals surface area (Å²) in [5, 5.41) is 9.55. The number of para-hydroxylation sites is 2. The third-order valence-corrected chi connectivity index (χ3v) is 3.68. The second-order valence-electron chi connectivity index (χ2n) is 5.21. The molecule has 21 heavy (non-hydrogen) atoms. The monoisotopic (exact) mass is 287 g/mol. The fourth-order valence-electron chi connectivity index (χ4n) is 2.58. The summed E-state index contributed by atoms with van der Waals surface area (Å²) in [4.78, 5) is 1.93. The molecule has 0 radical (unpaired) electrons. The van der Waals surface area contributed by atoms with E-state index >= 15 is 0 Å². The minimum atomic E-state index is -0.673. The maximum atomic E-state index is 14.4. The normalized spacial score (nSPS) is 15.9. The van der Waals surface area contributed by atoms with Gasteiger partial charge in [0, 0.05) is 6.54 Å². The van der Waals surface area contributed by atoms with E-state index < -0.39 is 6.10 Å². The van der Waals surface area contributed by atoms with Crippen molar-refractivity contribution >= 4 is 11.4 Å². The van der Waals surface area contributed by atoms with E-state index in [-0.39, 0.29) is 5.82 Å². The van der Waals surface area contributed by atoms with Crippen LogP contribution in [0, 0.1) is 5.82 Å². The highest BCUT2D eigenvalue weighted by molar-refractivity contribution is 5.70. The Morgan fingerprint density at radius 3 is 2.76 bits per heavy atom. The van der Waals surface area contributed by atoms with Gasteiger partial charge in [-0.1, -0.05) is 18.2 Å². The van der Waals surface area contributed by atoms with Gasteiger partial charge in [0.05, 0.1) is 24.1 Å². The lowest BCUT2D eigenvalue weighted by atomic mass is 10.1. The zero-order valence-electron chi connectivity index (χ0n) is 11.9. The molecule has 110 valence electrons. The molecule has 0 saturated carbocycles. The van der Waals surface area contributed by atoms with Crippen LogP contribution in [0.5, 0.6) is 5.75 Å². The molecule has 1 unspecified atom stereocenters. The van der Waals surface area contributed by atoms with Gasteiger partial charge in [0.1, 0.15) is 11.6 Å². The lowest BCUT2D eigenvalue weighted by molar-refractivity contribution is 0.199. The van der Waals surface area contributed by atoms with Crippen molar-refractivity contribution in [3.63, 3.8) is 0 Å². The van der Waals surface area contributed by atoms with Gasteiger partial charge in [-0.05, 0) is 43.2 Å². The number of aliphatic hydroxyl groups excluding tert-OH is 1. The predicted molar refractivity (Wildman–Crippen MR) is 80.6 cm³/mol. The smallest absolute Gasteiger partial charge is 0.147 e. The van der Waals surface area contributed by atoms with E-state index in [0.717, 1.165) is 17.9 Å². The molecule has 1 heterocycles. The average Bonchev–Trinajstić information content (AvgIpc) is 2.69. The molecule has 4 heteroatoms. The Morgan fingerprint density at radius 2 is 2.00 bits per heavy atom. The molecule has 1 aliphatic heterocycles. The fraction of sp³-hybridized carbons (Fsp3) is 0.294. The quantitative estimate of drug-likeness (QED) is 0.912. The highest BCUT2D eigenvalue weighted by atomic mass is 19.1. The molecule has 0 amide bonds. The third kappa shape index (κ3) is 2.72. The fourth-order valence-corrected chi connectivity index (χ4v) is 2.58. The van der Waals surface area contributed by atoms with Gasteiger partial charge in [0.25, 0.3) is 0 Å². The van der Waals surface area contributed by atoms with Crippen LogP contribution in [-0.2, 0) is 0 Å². The number of anilines is 2. The highest BCUT2D eigenvalue weighted by Crippen LogP contribution is 2.37.